The predicted molar refractivity (Wildman–Crippen MR) is 48.8 cm³/mol. The number of aromatic nitrogens is 1. The lowest BCUT2D eigenvalue weighted by Gasteiger charge is -1.99. The minimum absolute atomic E-state index is 0. The summed E-state index contributed by atoms with van der Waals surface area (Å²) in [4.78, 5) is 25.9. The Balaban J connectivity index is 0.00000169. The van der Waals surface area contributed by atoms with Gasteiger partial charge in [-0.05, 0) is 19.1 Å². The fraction of sp³-hybridized carbons (Fsp3) is 0.222. The smallest absolute Gasteiger partial charge is 0.379 e. The van der Waals surface area contributed by atoms with Gasteiger partial charge in [0.25, 0.3) is 5.78 Å². The molecule has 0 radical (unpaired) electrons. The molecule has 0 saturated carbocycles. The minimum atomic E-state index is -0.825. The third-order valence-corrected chi connectivity index (χ3v) is 1.40. The molecule has 0 fully saturated rings. The molecule has 5 nitrogen and oxygen atoms in total. The van der Waals surface area contributed by atoms with Gasteiger partial charge in [0.05, 0.1) is 6.61 Å². The Labute approximate surface area is 81.0 Å². The summed E-state index contributed by atoms with van der Waals surface area (Å²) < 4.78 is 4.55. The average Bonchev–Trinajstić information content (AvgIpc) is 2.18. The molecule has 0 atom stereocenters. The summed E-state index contributed by atoms with van der Waals surface area (Å²) >= 11 is 0. The van der Waals surface area contributed by atoms with Crippen LogP contribution in [-0.2, 0) is 9.53 Å². The number of Topliss-reactive ketones (excluding diaryl/α,β-unsaturated/α-hetero) is 1. The molecule has 0 saturated heterocycles. The van der Waals surface area contributed by atoms with Crippen molar-refractivity contribution in [2.75, 3.05) is 6.61 Å². The average molecular weight is 197 g/mol. The first-order valence-electron chi connectivity index (χ1n) is 3.87. The van der Waals surface area contributed by atoms with Gasteiger partial charge in [0.1, 0.15) is 0 Å². The van der Waals surface area contributed by atoms with Gasteiger partial charge in [-0.15, -0.1) is 0 Å². The number of carbonyl (C=O) groups excluding carboxylic acids is 2. The summed E-state index contributed by atoms with van der Waals surface area (Å²) in [6.07, 6.45) is 2.90. The van der Waals surface area contributed by atoms with E-state index in [0.29, 0.717) is 5.56 Å². The topological polar surface area (TPSA) is 87.8 Å². The van der Waals surface area contributed by atoms with Crippen LogP contribution in [0, 0.1) is 0 Å². The van der Waals surface area contributed by atoms with Crippen LogP contribution < -0.4 is 0 Å². The van der Waals surface area contributed by atoms with Gasteiger partial charge in [0, 0.05) is 18.0 Å². The van der Waals surface area contributed by atoms with Gasteiger partial charge < -0.3 is 10.2 Å². The zero-order chi connectivity index (χ0) is 9.68. The molecule has 1 rings (SSSR count). The Bertz CT molecular complexity index is 310. The Morgan fingerprint density at radius 1 is 1.36 bits per heavy atom. The third-order valence-electron chi connectivity index (χ3n) is 1.40. The SMILES string of the molecule is CCOC(=O)C(=O)c1ccncc1.O. The van der Waals surface area contributed by atoms with E-state index in [-0.39, 0.29) is 12.1 Å². The van der Waals surface area contributed by atoms with Crippen LogP contribution in [0.5, 0.6) is 0 Å². The molecular formula is C9H11NO4. The number of ether oxygens (including phenoxy) is 1. The largest absolute Gasteiger partial charge is 0.460 e. The van der Waals surface area contributed by atoms with Crippen LogP contribution in [0.3, 0.4) is 0 Å². The van der Waals surface area contributed by atoms with Gasteiger partial charge in [0.2, 0.25) is 0 Å². The highest BCUT2D eigenvalue weighted by Crippen LogP contribution is 1.99. The molecule has 0 aliphatic rings. The van der Waals surface area contributed by atoms with E-state index < -0.39 is 11.8 Å². The van der Waals surface area contributed by atoms with Crippen molar-refractivity contribution in [2.45, 2.75) is 6.92 Å². The first-order valence-corrected chi connectivity index (χ1v) is 3.87. The van der Waals surface area contributed by atoms with E-state index in [9.17, 15) is 9.59 Å². The van der Waals surface area contributed by atoms with Crippen LogP contribution in [-0.4, -0.2) is 28.8 Å². The van der Waals surface area contributed by atoms with E-state index in [2.05, 4.69) is 9.72 Å². The highest BCUT2D eigenvalue weighted by atomic mass is 16.5. The summed E-state index contributed by atoms with van der Waals surface area (Å²) in [6, 6.07) is 2.94. The molecular weight excluding hydrogens is 186 g/mol. The summed E-state index contributed by atoms with van der Waals surface area (Å²) in [6.45, 7) is 1.85. The van der Waals surface area contributed by atoms with Crippen molar-refractivity contribution in [2.24, 2.45) is 0 Å². The number of hydrogen-bond acceptors (Lipinski definition) is 4. The fourth-order valence-electron chi connectivity index (χ4n) is 0.818. The van der Waals surface area contributed by atoms with Gasteiger partial charge in [-0.3, -0.25) is 9.78 Å². The predicted octanol–water partition coefficient (Wildman–Crippen LogP) is 0.00270. The van der Waals surface area contributed by atoms with Gasteiger partial charge in [-0.1, -0.05) is 0 Å². The lowest BCUT2D eigenvalue weighted by atomic mass is 10.2. The molecule has 0 spiro atoms. The summed E-state index contributed by atoms with van der Waals surface area (Å²) in [5, 5.41) is 0. The molecule has 1 aromatic rings. The van der Waals surface area contributed by atoms with Crippen molar-refractivity contribution >= 4 is 11.8 Å². The number of esters is 1. The Morgan fingerprint density at radius 3 is 2.43 bits per heavy atom. The van der Waals surface area contributed by atoms with E-state index in [1.165, 1.54) is 24.5 Å². The maximum absolute atomic E-state index is 11.2. The normalized spacial score (nSPS) is 8.64. The van der Waals surface area contributed by atoms with E-state index in [1.807, 2.05) is 0 Å². The molecule has 0 amide bonds. The van der Waals surface area contributed by atoms with E-state index in [1.54, 1.807) is 6.92 Å². The van der Waals surface area contributed by atoms with Crippen LogP contribution in [0.2, 0.25) is 0 Å². The molecule has 0 unspecified atom stereocenters. The van der Waals surface area contributed by atoms with Gasteiger partial charge in [-0.25, -0.2) is 4.79 Å². The monoisotopic (exact) mass is 197 g/mol. The second-order valence-electron chi connectivity index (χ2n) is 2.29. The van der Waals surface area contributed by atoms with Crippen molar-refractivity contribution in [3.05, 3.63) is 30.1 Å². The summed E-state index contributed by atoms with van der Waals surface area (Å²) in [5.41, 5.74) is 0.299. The number of ketones is 1. The maximum Gasteiger partial charge on any atom is 0.379 e. The molecule has 0 aromatic carbocycles. The van der Waals surface area contributed by atoms with Gasteiger partial charge >= 0.3 is 5.97 Å². The first-order chi connectivity index (χ1) is 6.25. The van der Waals surface area contributed by atoms with E-state index in [4.69, 9.17) is 0 Å². The van der Waals surface area contributed by atoms with Crippen molar-refractivity contribution in [1.29, 1.82) is 0 Å². The van der Waals surface area contributed by atoms with Crippen LogP contribution in [0.25, 0.3) is 0 Å². The Morgan fingerprint density at radius 2 is 1.93 bits per heavy atom. The molecule has 14 heavy (non-hydrogen) atoms. The molecule has 1 aromatic heterocycles. The highest BCUT2D eigenvalue weighted by molar-refractivity contribution is 6.40. The lowest BCUT2D eigenvalue weighted by molar-refractivity contribution is -0.137. The van der Waals surface area contributed by atoms with Crippen molar-refractivity contribution in [1.82, 2.24) is 4.98 Å². The Hall–Kier alpha value is -1.75. The van der Waals surface area contributed by atoms with Gasteiger partial charge in [-0.2, -0.15) is 0 Å². The van der Waals surface area contributed by atoms with Crippen molar-refractivity contribution in [3.63, 3.8) is 0 Å². The minimum Gasteiger partial charge on any atom is -0.460 e. The maximum atomic E-state index is 11.2. The molecule has 5 heteroatoms. The summed E-state index contributed by atoms with van der Waals surface area (Å²) in [7, 11) is 0. The summed E-state index contributed by atoms with van der Waals surface area (Å²) in [5.74, 6) is -1.46. The number of rotatable bonds is 3. The second-order valence-corrected chi connectivity index (χ2v) is 2.29. The number of hydrogen-bond donors (Lipinski definition) is 0. The second kappa shape index (κ2) is 5.82. The zero-order valence-corrected chi connectivity index (χ0v) is 7.69. The molecule has 1 heterocycles. The van der Waals surface area contributed by atoms with Crippen molar-refractivity contribution in [3.8, 4) is 0 Å². The van der Waals surface area contributed by atoms with Gasteiger partial charge in [0.15, 0.2) is 0 Å². The Kier molecular flexibility index (Phi) is 5.09. The van der Waals surface area contributed by atoms with Crippen LogP contribution >= 0.6 is 0 Å². The number of carbonyl (C=O) groups is 2. The zero-order valence-electron chi connectivity index (χ0n) is 7.69. The molecule has 0 aliphatic carbocycles. The fourth-order valence-corrected chi connectivity index (χ4v) is 0.818. The molecule has 0 aliphatic heterocycles. The first kappa shape index (κ1) is 12.2. The number of pyridine rings is 1. The number of nitrogens with zero attached hydrogens (tertiary/aromatic N) is 1. The van der Waals surface area contributed by atoms with E-state index >= 15 is 0 Å². The van der Waals surface area contributed by atoms with Crippen LogP contribution in [0.1, 0.15) is 17.3 Å². The molecule has 0 bridgehead atoms. The molecule has 2 N–H and O–H groups in total. The standard InChI is InChI=1S/C9H9NO3.H2O/c1-2-13-9(12)8(11)7-3-5-10-6-4-7;/h3-6H,2H2,1H3;1H2. The third kappa shape index (κ3) is 2.95. The quantitative estimate of drug-likeness (QED) is 0.387. The van der Waals surface area contributed by atoms with Crippen LogP contribution in [0.4, 0.5) is 0 Å². The highest BCUT2D eigenvalue weighted by Gasteiger charge is 2.16. The van der Waals surface area contributed by atoms with Crippen molar-refractivity contribution < 1.29 is 19.8 Å². The lowest BCUT2D eigenvalue weighted by Crippen LogP contribution is -2.17. The van der Waals surface area contributed by atoms with Crippen LogP contribution in [0.15, 0.2) is 24.5 Å². The molecule has 76 valence electrons. The van der Waals surface area contributed by atoms with E-state index in [0.717, 1.165) is 0 Å².